The van der Waals surface area contributed by atoms with Crippen LogP contribution in [0.4, 0.5) is 0 Å². The number of nitrogens with zero attached hydrogens (tertiary/aromatic N) is 2. The van der Waals surface area contributed by atoms with Gasteiger partial charge in [-0.3, -0.25) is 0 Å². The van der Waals surface area contributed by atoms with Crippen LogP contribution in [0.3, 0.4) is 0 Å². The van der Waals surface area contributed by atoms with Crippen molar-refractivity contribution in [3.63, 3.8) is 0 Å². The summed E-state index contributed by atoms with van der Waals surface area (Å²) in [5.41, 5.74) is 0.262. The fourth-order valence-corrected chi connectivity index (χ4v) is 1.39. The summed E-state index contributed by atoms with van der Waals surface area (Å²) in [6, 6.07) is 1.66. The molecule has 96 valence electrons. The van der Waals surface area contributed by atoms with E-state index in [1.54, 1.807) is 6.07 Å². The van der Waals surface area contributed by atoms with Crippen LogP contribution < -0.4 is 4.74 Å². The molecule has 0 bridgehead atoms. The molecule has 1 aromatic rings. The van der Waals surface area contributed by atoms with Crippen LogP contribution in [0.5, 0.6) is 5.88 Å². The number of halogens is 1. The number of ether oxygens (including phenoxy) is 1. The van der Waals surface area contributed by atoms with Crippen molar-refractivity contribution in [3.05, 3.63) is 17.0 Å². The summed E-state index contributed by atoms with van der Waals surface area (Å²) in [7, 11) is 0. The Morgan fingerprint density at radius 3 is 2.47 bits per heavy atom. The molecule has 0 saturated carbocycles. The smallest absolute Gasteiger partial charge is 0.218 e. The van der Waals surface area contributed by atoms with Crippen LogP contribution in [-0.4, -0.2) is 16.6 Å². The maximum absolute atomic E-state index is 5.93. The van der Waals surface area contributed by atoms with Gasteiger partial charge in [0, 0.05) is 12.0 Å². The van der Waals surface area contributed by atoms with Gasteiger partial charge in [0.25, 0.3) is 0 Å². The Morgan fingerprint density at radius 2 is 1.94 bits per heavy atom. The Balaban J connectivity index is 2.65. The zero-order chi connectivity index (χ0) is 13.1. The SMILES string of the molecule is CC(C)c1nc(Cl)cc(OCCC(C)(C)C)n1. The van der Waals surface area contributed by atoms with Crippen LogP contribution in [0.25, 0.3) is 0 Å². The Hall–Kier alpha value is -0.830. The molecular weight excluding hydrogens is 236 g/mol. The maximum Gasteiger partial charge on any atom is 0.218 e. The van der Waals surface area contributed by atoms with E-state index in [-0.39, 0.29) is 11.3 Å². The van der Waals surface area contributed by atoms with E-state index in [1.807, 2.05) is 13.8 Å². The molecule has 0 fully saturated rings. The quantitative estimate of drug-likeness (QED) is 0.762. The van der Waals surface area contributed by atoms with Crippen LogP contribution in [0.1, 0.15) is 52.8 Å². The highest BCUT2D eigenvalue weighted by Crippen LogP contribution is 2.21. The minimum absolute atomic E-state index is 0.249. The number of hydrogen-bond acceptors (Lipinski definition) is 3. The highest BCUT2D eigenvalue weighted by molar-refractivity contribution is 6.29. The van der Waals surface area contributed by atoms with Crippen molar-refractivity contribution >= 4 is 11.6 Å². The molecule has 1 rings (SSSR count). The van der Waals surface area contributed by atoms with E-state index in [0.29, 0.717) is 17.6 Å². The molecular formula is C13H21ClN2O. The van der Waals surface area contributed by atoms with Gasteiger partial charge >= 0.3 is 0 Å². The van der Waals surface area contributed by atoms with E-state index in [9.17, 15) is 0 Å². The molecule has 0 aromatic carbocycles. The van der Waals surface area contributed by atoms with Crippen LogP contribution in [0, 0.1) is 5.41 Å². The Labute approximate surface area is 109 Å². The molecule has 0 aliphatic carbocycles. The summed E-state index contributed by atoms with van der Waals surface area (Å²) in [6.45, 7) is 11.3. The van der Waals surface area contributed by atoms with E-state index in [1.165, 1.54) is 0 Å². The molecule has 0 aliphatic heterocycles. The van der Waals surface area contributed by atoms with Gasteiger partial charge in [-0.05, 0) is 11.8 Å². The van der Waals surface area contributed by atoms with Crippen molar-refractivity contribution in [3.8, 4) is 5.88 Å². The summed E-state index contributed by atoms with van der Waals surface area (Å²) < 4.78 is 5.62. The first-order chi connectivity index (χ1) is 7.78. The van der Waals surface area contributed by atoms with Gasteiger partial charge in [0.05, 0.1) is 6.61 Å². The van der Waals surface area contributed by atoms with E-state index < -0.39 is 0 Å². The fourth-order valence-electron chi connectivity index (χ4n) is 1.21. The first-order valence-electron chi connectivity index (χ1n) is 5.95. The minimum atomic E-state index is 0.249. The Morgan fingerprint density at radius 1 is 1.29 bits per heavy atom. The third kappa shape index (κ3) is 5.35. The fraction of sp³-hybridized carbons (Fsp3) is 0.692. The molecule has 0 radical (unpaired) electrons. The average molecular weight is 257 g/mol. The topological polar surface area (TPSA) is 35.0 Å². The van der Waals surface area contributed by atoms with Crippen molar-refractivity contribution in [2.45, 2.75) is 47.0 Å². The summed E-state index contributed by atoms with van der Waals surface area (Å²) >= 11 is 5.93. The van der Waals surface area contributed by atoms with Gasteiger partial charge in [0.2, 0.25) is 5.88 Å². The van der Waals surface area contributed by atoms with Crippen LogP contribution in [-0.2, 0) is 0 Å². The first kappa shape index (κ1) is 14.2. The van der Waals surface area contributed by atoms with Gasteiger partial charge in [-0.15, -0.1) is 0 Å². The highest BCUT2D eigenvalue weighted by atomic mass is 35.5. The Kier molecular flexibility index (Phi) is 4.75. The zero-order valence-electron chi connectivity index (χ0n) is 11.2. The lowest BCUT2D eigenvalue weighted by molar-refractivity contribution is 0.235. The molecule has 0 amide bonds. The summed E-state index contributed by atoms with van der Waals surface area (Å²) in [6.07, 6.45) is 0.978. The van der Waals surface area contributed by atoms with Gasteiger partial charge < -0.3 is 4.74 Å². The maximum atomic E-state index is 5.93. The molecule has 0 aliphatic rings. The molecule has 1 heterocycles. The van der Waals surface area contributed by atoms with Crippen molar-refractivity contribution in [2.75, 3.05) is 6.61 Å². The van der Waals surface area contributed by atoms with E-state index in [0.717, 1.165) is 12.2 Å². The minimum Gasteiger partial charge on any atom is -0.478 e. The molecule has 0 N–H and O–H groups in total. The molecule has 4 heteroatoms. The van der Waals surface area contributed by atoms with Gasteiger partial charge in [-0.1, -0.05) is 46.2 Å². The Bertz CT molecular complexity index is 372. The molecule has 0 spiro atoms. The summed E-state index contributed by atoms with van der Waals surface area (Å²) in [4.78, 5) is 8.50. The summed E-state index contributed by atoms with van der Waals surface area (Å²) in [5.74, 6) is 1.54. The second kappa shape index (κ2) is 5.67. The zero-order valence-corrected chi connectivity index (χ0v) is 12.0. The monoisotopic (exact) mass is 256 g/mol. The van der Waals surface area contributed by atoms with Gasteiger partial charge in [0.1, 0.15) is 11.0 Å². The van der Waals surface area contributed by atoms with Gasteiger partial charge in [-0.25, -0.2) is 4.98 Å². The average Bonchev–Trinajstić information content (AvgIpc) is 2.14. The standard InChI is InChI=1S/C13H21ClN2O/c1-9(2)12-15-10(14)8-11(16-12)17-7-6-13(3,4)5/h8-9H,6-7H2,1-5H3. The van der Waals surface area contributed by atoms with E-state index in [4.69, 9.17) is 16.3 Å². The molecule has 3 nitrogen and oxygen atoms in total. The highest BCUT2D eigenvalue weighted by Gasteiger charge is 2.11. The van der Waals surface area contributed by atoms with Crippen molar-refractivity contribution in [2.24, 2.45) is 5.41 Å². The van der Waals surface area contributed by atoms with Crippen LogP contribution >= 0.6 is 11.6 Å². The number of hydrogen-bond donors (Lipinski definition) is 0. The summed E-state index contributed by atoms with van der Waals surface area (Å²) in [5, 5.41) is 0.439. The number of aromatic nitrogens is 2. The van der Waals surface area contributed by atoms with Crippen LogP contribution in [0.2, 0.25) is 5.15 Å². The third-order valence-electron chi connectivity index (χ3n) is 2.31. The normalized spacial score (nSPS) is 11.9. The van der Waals surface area contributed by atoms with E-state index >= 15 is 0 Å². The van der Waals surface area contributed by atoms with Gasteiger partial charge in [0.15, 0.2) is 0 Å². The molecule has 0 saturated heterocycles. The van der Waals surface area contributed by atoms with Crippen molar-refractivity contribution in [1.82, 2.24) is 9.97 Å². The lowest BCUT2D eigenvalue weighted by atomic mass is 9.93. The molecule has 17 heavy (non-hydrogen) atoms. The first-order valence-corrected chi connectivity index (χ1v) is 6.33. The second-order valence-corrected chi connectivity index (χ2v) is 6.09. The van der Waals surface area contributed by atoms with Crippen molar-refractivity contribution < 1.29 is 4.74 Å². The van der Waals surface area contributed by atoms with E-state index in [2.05, 4.69) is 30.7 Å². The second-order valence-electron chi connectivity index (χ2n) is 5.70. The third-order valence-corrected chi connectivity index (χ3v) is 2.50. The molecule has 1 aromatic heterocycles. The largest absolute Gasteiger partial charge is 0.478 e. The molecule has 0 atom stereocenters. The predicted octanol–water partition coefficient (Wildman–Crippen LogP) is 4.07. The van der Waals surface area contributed by atoms with Gasteiger partial charge in [-0.2, -0.15) is 4.98 Å². The lowest BCUT2D eigenvalue weighted by Crippen LogP contribution is -2.12. The van der Waals surface area contributed by atoms with Crippen molar-refractivity contribution in [1.29, 1.82) is 0 Å². The number of rotatable bonds is 4. The predicted molar refractivity (Wildman–Crippen MR) is 70.7 cm³/mol. The lowest BCUT2D eigenvalue weighted by Gasteiger charge is -2.18. The van der Waals surface area contributed by atoms with Crippen LogP contribution in [0.15, 0.2) is 6.07 Å². The molecule has 0 unspecified atom stereocenters.